The van der Waals surface area contributed by atoms with Gasteiger partial charge in [0.05, 0.1) is 0 Å². The van der Waals surface area contributed by atoms with E-state index in [4.69, 9.17) is 5.73 Å². The molecule has 0 unspecified atom stereocenters. The normalized spacial score (nSPS) is 21.1. The van der Waals surface area contributed by atoms with Gasteiger partial charge in [-0.3, -0.25) is 9.69 Å². The van der Waals surface area contributed by atoms with E-state index in [0.29, 0.717) is 13.0 Å². The lowest BCUT2D eigenvalue weighted by Gasteiger charge is -2.45. The summed E-state index contributed by atoms with van der Waals surface area (Å²) in [6, 6.07) is 0. The molecular formula is C12H25N3O. The second kappa shape index (κ2) is 5.64. The average Bonchev–Trinajstić information content (AvgIpc) is 2.22. The minimum Gasteiger partial charge on any atom is -0.340 e. The molecule has 1 aliphatic rings. The second-order valence-corrected chi connectivity index (χ2v) is 5.30. The number of piperazine rings is 1. The van der Waals surface area contributed by atoms with Gasteiger partial charge < -0.3 is 10.6 Å². The highest BCUT2D eigenvalue weighted by atomic mass is 16.2. The van der Waals surface area contributed by atoms with E-state index in [9.17, 15) is 4.79 Å². The lowest BCUT2D eigenvalue weighted by Crippen LogP contribution is -2.58. The zero-order chi connectivity index (χ0) is 12.2. The van der Waals surface area contributed by atoms with Crippen LogP contribution in [0.1, 0.15) is 33.1 Å². The molecule has 0 radical (unpaired) electrons. The molecular weight excluding hydrogens is 202 g/mol. The van der Waals surface area contributed by atoms with Crippen LogP contribution in [0.25, 0.3) is 0 Å². The van der Waals surface area contributed by atoms with Crippen molar-refractivity contribution in [2.75, 3.05) is 33.2 Å². The highest BCUT2D eigenvalue weighted by Crippen LogP contribution is 2.19. The van der Waals surface area contributed by atoms with E-state index in [1.165, 1.54) is 0 Å². The van der Waals surface area contributed by atoms with Gasteiger partial charge in [0.15, 0.2) is 0 Å². The first-order valence-corrected chi connectivity index (χ1v) is 6.16. The molecule has 0 atom stereocenters. The summed E-state index contributed by atoms with van der Waals surface area (Å²) in [4.78, 5) is 16.2. The number of likely N-dealkylation sites (N-methyl/N-ethyl adjacent to an activating group) is 1. The fourth-order valence-corrected chi connectivity index (χ4v) is 2.03. The molecule has 0 spiro atoms. The van der Waals surface area contributed by atoms with Gasteiger partial charge >= 0.3 is 0 Å². The van der Waals surface area contributed by atoms with E-state index in [0.717, 1.165) is 32.5 Å². The van der Waals surface area contributed by atoms with Crippen molar-refractivity contribution in [2.24, 2.45) is 5.73 Å². The van der Waals surface area contributed by atoms with E-state index < -0.39 is 0 Å². The van der Waals surface area contributed by atoms with Crippen LogP contribution in [0.5, 0.6) is 0 Å². The van der Waals surface area contributed by atoms with Crippen LogP contribution in [0.2, 0.25) is 0 Å². The van der Waals surface area contributed by atoms with Crippen molar-refractivity contribution in [1.82, 2.24) is 9.80 Å². The Morgan fingerprint density at radius 2 is 2.00 bits per heavy atom. The summed E-state index contributed by atoms with van der Waals surface area (Å²) >= 11 is 0. The average molecular weight is 227 g/mol. The SMILES string of the molecule is CN1CCN(C(=O)CCCCN)CC1(C)C. The van der Waals surface area contributed by atoms with Crippen molar-refractivity contribution < 1.29 is 4.79 Å². The first-order valence-electron chi connectivity index (χ1n) is 6.16. The fraction of sp³-hybridized carbons (Fsp3) is 0.917. The fourth-order valence-electron chi connectivity index (χ4n) is 2.03. The smallest absolute Gasteiger partial charge is 0.222 e. The Labute approximate surface area is 98.8 Å². The highest BCUT2D eigenvalue weighted by molar-refractivity contribution is 5.76. The molecule has 16 heavy (non-hydrogen) atoms. The number of carbonyl (C=O) groups is 1. The van der Waals surface area contributed by atoms with E-state index in [2.05, 4.69) is 25.8 Å². The molecule has 0 aromatic carbocycles. The number of unbranched alkanes of at least 4 members (excludes halogenated alkanes) is 1. The Morgan fingerprint density at radius 1 is 1.31 bits per heavy atom. The number of hydrogen-bond acceptors (Lipinski definition) is 3. The summed E-state index contributed by atoms with van der Waals surface area (Å²) in [6.07, 6.45) is 2.52. The number of rotatable bonds is 4. The predicted octanol–water partition coefficient (Wildman–Crippen LogP) is 0.668. The summed E-state index contributed by atoms with van der Waals surface area (Å²) in [5.41, 5.74) is 5.52. The van der Waals surface area contributed by atoms with Crippen LogP contribution in [-0.2, 0) is 4.79 Å². The van der Waals surface area contributed by atoms with Gasteiger partial charge in [-0.1, -0.05) is 0 Å². The maximum absolute atomic E-state index is 11.9. The van der Waals surface area contributed by atoms with Gasteiger partial charge in [-0.05, 0) is 40.3 Å². The third-order valence-corrected chi connectivity index (χ3v) is 3.51. The summed E-state index contributed by atoms with van der Waals surface area (Å²) in [6.45, 7) is 7.72. The Hall–Kier alpha value is -0.610. The van der Waals surface area contributed by atoms with Crippen LogP contribution in [0.3, 0.4) is 0 Å². The third kappa shape index (κ3) is 3.46. The molecule has 0 aliphatic carbocycles. The van der Waals surface area contributed by atoms with Crippen molar-refractivity contribution in [3.8, 4) is 0 Å². The molecule has 1 amide bonds. The van der Waals surface area contributed by atoms with Gasteiger partial charge in [-0.25, -0.2) is 0 Å². The van der Waals surface area contributed by atoms with Crippen LogP contribution in [0, 0.1) is 0 Å². The quantitative estimate of drug-likeness (QED) is 0.718. The minimum atomic E-state index is 0.0990. The summed E-state index contributed by atoms with van der Waals surface area (Å²) in [5, 5.41) is 0. The monoisotopic (exact) mass is 227 g/mol. The molecule has 2 N–H and O–H groups in total. The topological polar surface area (TPSA) is 49.6 Å². The summed E-state index contributed by atoms with van der Waals surface area (Å²) in [5.74, 6) is 0.287. The molecule has 1 aliphatic heterocycles. The van der Waals surface area contributed by atoms with E-state index in [1.807, 2.05) is 4.90 Å². The van der Waals surface area contributed by atoms with Gasteiger partial charge in [-0.15, -0.1) is 0 Å². The van der Waals surface area contributed by atoms with Crippen molar-refractivity contribution in [3.05, 3.63) is 0 Å². The molecule has 1 fully saturated rings. The Bertz CT molecular complexity index is 240. The van der Waals surface area contributed by atoms with Crippen LogP contribution in [-0.4, -0.2) is 54.5 Å². The van der Waals surface area contributed by atoms with Crippen molar-refractivity contribution >= 4 is 5.91 Å². The van der Waals surface area contributed by atoms with Crippen molar-refractivity contribution in [3.63, 3.8) is 0 Å². The molecule has 4 heteroatoms. The lowest BCUT2D eigenvalue weighted by atomic mass is 9.99. The number of nitrogens with two attached hydrogens (primary N) is 1. The Balaban J connectivity index is 2.40. The zero-order valence-corrected chi connectivity index (χ0v) is 10.8. The summed E-state index contributed by atoms with van der Waals surface area (Å²) in [7, 11) is 2.12. The highest BCUT2D eigenvalue weighted by Gasteiger charge is 2.32. The number of amides is 1. The number of carbonyl (C=O) groups excluding carboxylic acids is 1. The van der Waals surface area contributed by atoms with E-state index in [-0.39, 0.29) is 11.4 Å². The van der Waals surface area contributed by atoms with Crippen LogP contribution < -0.4 is 5.73 Å². The van der Waals surface area contributed by atoms with Crippen LogP contribution in [0.15, 0.2) is 0 Å². The lowest BCUT2D eigenvalue weighted by molar-refractivity contribution is -0.135. The molecule has 4 nitrogen and oxygen atoms in total. The Morgan fingerprint density at radius 3 is 2.56 bits per heavy atom. The first-order chi connectivity index (χ1) is 7.47. The van der Waals surface area contributed by atoms with Crippen molar-refractivity contribution in [2.45, 2.75) is 38.6 Å². The molecule has 1 saturated heterocycles. The molecule has 0 saturated carbocycles. The largest absolute Gasteiger partial charge is 0.340 e. The predicted molar refractivity (Wildman–Crippen MR) is 66.2 cm³/mol. The van der Waals surface area contributed by atoms with Gasteiger partial charge in [0, 0.05) is 31.6 Å². The maximum Gasteiger partial charge on any atom is 0.222 e. The first kappa shape index (κ1) is 13.5. The number of hydrogen-bond donors (Lipinski definition) is 1. The zero-order valence-electron chi connectivity index (χ0n) is 10.8. The molecule has 1 heterocycles. The van der Waals surface area contributed by atoms with Gasteiger partial charge in [0.2, 0.25) is 5.91 Å². The van der Waals surface area contributed by atoms with Crippen LogP contribution >= 0.6 is 0 Å². The summed E-state index contributed by atoms with van der Waals surface area (Å²) < 4.78 is 0. The number of nitrogens with zero attached hydrogens (tertiary/aromatic N) is 2. The molecule has 0 bridgehead atoms. The van der Waals surface area contributed by atoms with Crippen LogP contribution in [0.4, 0.5) is 0 Å². The van der Waals surface area contributed by atoms with E-state index in [1.54, 1.807) is 0 Å². The Kier molecular flexibility index (Phi) is 4.74. The second-order valence-electron chi connectivity index (χ2n) is 5.30. The minimum absolute atomic E-state index is 0.0990. The third-order valence-electron chi connectivity index (χ3n) is 3.51. The van der Waals surface area contributed by atoms with Gasteiger partial charge in [0.25, 0.3) is 0 Å². The standard InChI is InChI=1S/C12H25N3O/c1-12(2)10-15(9-8-14(12)3)11(16)6-4-5-7-13/h4-10,13H2,1-3H3. The maximum atomic E-state index is 11.9. The molecule has 0 aromatic heterocycles. The van der Waals surface area contributed by atoms with E-state index >= 15 is 0 Å². The molecule has 94 valence electrons. The molecule has 1 rings (SSSR count). The van der Waals surface area contributed by atoms with Gasteiger partial charge in [0.1, 0.15) is 0 Å². The van der Waals surface area contributed by atoms with Crippen molar-refractivity contribution in [1.29, 1.82) is 0 Å². The van der Waals surface area contributed by atoms with Gasteiger partial charge in [-0.2, -0.15) is 0 Å². The molecule has 0 aromatic rings.